The maximum absolute atomic E-state index is 9.79. The lowest BCUT2D eigenvalue weighted by atomic mass is 9.75. The molecule has 0 aromatic heterocycles. The third-order valence-corrected chi connectivity index (χ3v) is 3.90. The Balaban J connectivity index is 2.58. The van der Waals surface area contributed by atoms with Gasteiger partial charge in [-0.2, -0.15) is 0 Å². The Morgan fingerprint density at radius 1 is 1.00 bits per heavy atom. The molecule has 0 aromatic rings. The summed E-state index contributed by atoms with van der Waals surface area (Å²) in [5.74, 6) is 0. The lowest BCUT2D eigenvalue weighted by Crippen LogP contribution is -2.47. The zero-order chi connectivity index (χ0) is 10.0. The van der Waals surface area contributed by atoms with Crippen LogP contribution in [0.5, 0.6) is 0 Å². The summed E-state index contributed by atoms with van der Waals surface area (Å²) in [6.07, 6.45) is -1.61. The maximum atomic E-state index is 9.79. The van der Waals surface area contributed by atoms with E-state index in [0.717, 1.165) is 11.1 Å². The van der Waals surface area contributed by atoms with Gasteiger partial charge in [0, 0.05) is 0 Å². The minimum atomic E-state index is -0.804. The van der Waals surface area contributed by atoms with E-state index in [4.69, 9.17) is 4.74 Å². The van der Waals surface area contributed by atoms with Crippen LogP contribution in [-0.4, -0.2) is 33.6 Å². The molecule has 74 valence electrons. The first-order chi connectivity index (χ1) is 5.84. The lowest BCUT2D eigenvalue weighted by Gasteiger charge is -2.31. The van der Waals surface area contributed by atoms with Crippen molar-refractivity contribution in [3.8, 4) is 0 Å². The Bertz CT molecular complexity index is 269. The molecule has 2 aliphatic heterocycles. The highest BCUT2D eigenvalue weighted by atomic mass is 16.6. The van der Waals surface area contributed by atoms with Gasteiger partial charge in [0.15, 0.2) is 0 Å². The van der Waals surface area contributed by atoms with Gasteiger partial charge in [0.2, 0.25) is 0 Å². The molecule has 2 rings (SSSR count). The molecule has 3 nitrogen and oxygen atoms in total. The molecule has 2 N–H and O–H groups in total. The molecular weight excluding hydrogens is 168 g/mol. The second kappa shape index (κ2) is 2.16. The fourth-order valence-electron chi connectivity index (χ4n) is 2.51. The van der Waals surface area contributed by atoms with Crippen LogP contribution >= 0.6 is 0 Å². The monoisotopic (exact) mass is 184 g/mol. The Hall–Kier alpha value is -0.380. The van der Waals surface area contributed by atoms with Gasteiger partial charge in [-0.05, 0) is 38.8 Å². The van der Waals surface area contributed by atoms with Crippen molar-refractivity contribution >= 4 is 0 Å². The van der Waals surface area contributed by atoms with E-state index in [2.05, 4.69) is 0 Å². The van der Waals surface area contributed by atoms with Gasteiger partial charge in [-0.15, -0.1) is 0 Å². The summed E-state index contributed by atoms with van der Waals surface area (Å²) in [4.78, 5) is 0. The number of hydrogen-bond donors (Lipinski definition) is 2. The highest BCUT2D eigenvalue weighted by Gasteiger charge is 2.64. The molecule has 2 heterocycles. The molecule has 0 saturated carbocycles. The Morgan fingerprint density at radius 3 is 1.54 bits per heavy atom. The van der Waals surface area contributed by atoms with Gasteiger partial charge in [0.1, 0.15) is 23.4 Å². The number of rotatable bonds is 0. The maximum Gasteiger partial charge on any atom is 0.116 e. The number of aliphatic hydroxyl groups excluding tert-OH is 2. The molecule has 0 radical (unpaired) electrons. The van der Waals surface area contributed by atoms with Crippen LogP contribution in [-0.2, 0) is 4.74 Å². The predicted molar refractivity (Wildman–Crippen MR) is 48.3 cm³/mol. The molecule has 2 aliphatic rings. The van der Waals surface area contributed by atoms with Gasteiger partial charge < -0.3 is 14.9 Å². The standard InChI is InChI=1S/C10H16O3/c1-5-6(2)10(4)8(12)7(11)9(5,3)13-10/h7-8,11-12H,1-4H3/t7-,8+,9+,10-. The van der Waals surface area contributed by atoms with Crippen molar-refractivity contribution in [2.24, 2.45) is 0 Å². The fraction of sp³-hybridized carbons (Fsp3) is 0.800. The van der Waals surface area contributed by atoms with Crippen LogP contribution in [0, 0.1) is 0 Å². The molecule has 13 heavy (non-hydrogen) atoms. The molecule has 0 aromatic carbocycles. The van der Waals surface area contributed by atoms with Gasteiger partial charge in [-0.1, -0.05) is 0 Å². The molecular formula is C10H16O3. The van der Waals surface area contributed by atoms with Crippen molar-refractivity contribution < 1.29 is 14.9 Å². The molecule has 1 fully saturated rings. The van der Waals surface area contributed by atoms with Crippen LogP contribution in [0.3, 0.4) is 0 Å². The van der Waals surface area contributed by atoms with Crippen LogP contribution < -0.4 is 0 Å². The van der Waals surface area contributed by atoms with Crippen LogP contribution in [0.25, 0.3) is 0 Å². The van der Waals surface area contributed by atoms with E-state index < -0.39 is 23.4 Å². The topological polar surface area (TPSA) is 49.7 Å². The summed E-state index contributed by atoms with van der Waals surface area (Å²) in [6.45, 7) is 7.57. The van der Waals surface area contributed by atoms with Gasteiger partial charge in [-0.3, -0.25) is 0 Å². The number of aliphatic hydroxyl groups is 2. The molecule has 4 atom stereocenters. The van der Waals surface area contributed by atoms with Crippen molar-refractivity contribution in [1.82, 2.24) is 0 Å². The summed E-state index contributed by atoms with van der Waals surface area (Å²) < 4.78 is 5.72. The number of hydrogen-bond acceptors (Lipinski definition) is 3. The fourth-order valence-corrected chi connectivity index (χ4v) is 2.51. The first kappa shape index (κ1) is 9.19. The average molecular weight is 184 g/mol. The predicted octanol–water partition coefficient (Wildman–Crippen LogP) is 0.606. The van der Waals surface area contributed by atoms with E-state index >= 15 is 0 Å². The van der Waals surface area contributed by atoms with Gasteiger partial charge in [0.05, 0.1) is 0 Å². The molecule has 2 bridgehead atoms. The zero-order valence-electron chi connectivity index (χ0n) is 8.46. The first-order valence-electron chi connectivity index (χ1n) is 4.59. The van der Waals surface area contributed by atoms with Crippen molar-refractivity contribution in [1.29, 1.82) is 0 Å². The lowest BCUT2D eigenvalue weighted by molar-refractivity contribution is -0.0523. The zero-order valence-corrected chi connectivity index (χ0v) is 8.46. The van der Waals surface area contributed by atoms with Gasteiger partial charge in [-0.25, -0.2) is 0 Å². The third kappa shape index (κ3) is 0.760. The van der Waals surface area contributed by atoms with Gasteiger partial charge in [0.25, 0.3) is 0 Å². The van der Waals surface area contributed by atoms with E-state index in [1.807, 2.05) is 27.7 Å². The Kier molecular flexibility index (Phi) is 1.53. The molecule has 0 unspecified atom stereocenters. The van der Waals surface area contributed by atoms with Crippen molar-refractivity contribution in [3.05, 3.63) is 11.1 Å². The minimum Gasteiger partial charge on any atom is -0.387 e. The Morgan fingerprint density at radius 2 is 1.31 bits per heavy atom. The minimum absolute atomic E-state index is 0.682. The van der Waals surface area contributed by atoms with Crippen LogP contribution in [0.4, 0.5) is 0 Å². The Labute approximate surface area is 78.0 Å². The molecule has 3 heteroatoms. The van der Waals surface area contributed by atoms with Crippen LogP contribution in [0.2, 0.25) is 0 Å². The van der Waals surface area contributed by atoms with Crippen LogP contribution in [0.15, 0.2) is 11.1 Å². The molecule has 0 aliphatic carbocycles. The van der Waals surface area contributed by atoms with Crippen molar-refractivity contribution in [3.63, 3.8) is 0 Å². The summed E-state index contributed by atoms with van der Waals surface area (Å²) in [7, 11) is 0. The number of ether oxygens (including phenoxy) is 1. The third-order valence-electron chi connectivity index (χ3n) is 3.90. The normalized spacial score (nSPS) is 54.9. The van der Waals surface area contributed by atoms with E-state index in [9.17, 15) is 10.2 Å². The van der Waals surface area contributed by atoms with E-state index in [1.54, 1.807) is 0 Å². The highest BCUT2D eigenvalue weighted by molar-refractivity contribution is 5.41. The summed E-state index contributed by atoms with van der Waals surface area (Å²) in [5.41, 5.74) is 0.733. The second-order valence-electron chi connectivity index (χ2n) is 4.46. The largest absolute Gasteiger partial charge is 0.387 e. The molecule has 0 spiro atoms. The van der Waals surface area contributed by atoms with Crippen molar-refractivity contribution in [2.45, 2.75) is 51.1 Å². The second-order valence-corrected chi connectivity index (χ2v) is 4.46. The molecule has 0 amide bonds. The summed E-state index contributed by atoms with van der Waals surface area (Å²) in [5, 5.41) is 19.6. The molecule has 1 saturated heterocycles. The van der Waals surface area contributed by atoms with Gasteiger partial charge >= 0.3 is 0 Å². The SMILES string of the molecule is CC1=C(C)[C@@]2(C)O[C@]1(C)[C@H](O)[C@@H]2O. The highest BCUT2D eigenvalue weighted by Crippen LogP contribution is 2.53. The summed E-state index contributed by atoms with van der Waals surface area (Å²) in [6, 6.07) is 0. The quantitative estimate of drug-likeness (QED) is 0.542. The number of fused-ring (bicyclic) bond motifs is 2. The van der Waals surface area contributed by atoms with E-state index in [0.29, 0.717) is 0 Å². The average Bonchev–Trinajstić information content (AvgIpc) is 2.36. The van der Waals surface area contributed by atoms with Crippen LogP contribution in [0.1, 0.15) is 27.7 Å². The van der Waals surface area contributed by atoms with E-state index in [1.165, 1.54) is 0 Å². The summed E-state index contributed by atoms with van der Waals surface area (Å²) >= 11 is 0. The smallest absolute Gasteiger partial charge is 0.116 e. The first-order valence-corrected chi connectivity index (χ1v) is 4.59. The van der Waals surface area contributed by atoms with Crippen molar-refractivity contribution in [2.75, 3.05) is 0 Å². The van der Waals surface area contributed by atoms with E-state index in [-0.39, 0.29) is 0 Å².